The summed E-state index contributed by atoms with van der Waals surface area (Å²) in [6.07, 6.45) is 0. The van der Waals surface area contributed by atoms with Gasteiger partial charge in [-0.25, -0.2) is 0 Å². The quantitative estimate of drug-likeness (QED) is 0.789. The van der Waals surface area contributed by atoms with E-state index >= 15 is 0 Å². The molecule has 1 atom stereocenters. The number of hydrogen-bond acceptors (Lipinski definition) is 4. The van der Waals surface area contributed by atoms with Crippen LogP contribution in [0.2, 0.25) is 0 Å². The Balaban J connectivity index is 3.27. The first-order chi connectivity index (χ1) is 7.51. The Morgan fingerprint density at radius 2 is 1.75 bits per heavy atom. The summed E-state index contributed by atoms with van der Waals surface area (Å²) in [5.41, 5.74) is 5.73. The third-order valence-corrected chi connectivity index (χ3v) is 2.14. The minimum Gasteiger partial charge on any atom is -0.494 e. The van der Waals surface area contributed by atoms with E-state index in [1.165, 1.54) is 26.4 Å². The Kier molecular flexibility index (Phi) is 3.84. The molecule has 1 aromatic rings. The van der Waals surface area contributed by atoms with Crippen LogP contribution in [0.15, 0.2) is 12.1 Å². The fraction of sp³-hybridized carbons (Fsp3) is 0.364. The SMILES string of the molecule is COc1cc(C(=O)C(C)N)cc(OC)c1F. The fourth-order valence-electron chi connectivity index (χ4n) is 1.27. The second kappa shape index (κ2) is 4.94. The molecule has 0 spiro atoms. The summed E-state index contributed by atoms with van der Waals surface area (Å²) in [5, 5.41) is 0. The molecule has 0 heterocycles. The highest BCUT2D eigenvalue weighted by atomic mass is 19.1. The zero-order valence-electron chi connectivity index (χ0n) is 9.41. The second-order valence-corrected chi connectivity index (χ2v) is 3.35. The third-order valence-electron chi connectivity index (χ3n) is 2.14. The first-order valence-corrected chi connectivity index (χ1v) is 4.72. The molecule has 0 aliphatic heterocycles. The zero-order valence-corrected chi connectivity index (χ0v) is 9.41. The number of benzene rings is 1. The summed E-state index contributed by atoms with van der Waals surface area (Å²) < 4.78 is 23.1. The molecular formula is C11H14FNO3. The van der Waals surface area contributed by atoms with Gasteiger partial charge < -0.3 is 15.2 Å². The van der Waals surface area contributed by atoms with Crippen LogP contribution < -0.4 is 15.2 Å². The first-order valence-electron chi connectivity index (χ1n) is 4.72. The van der Waals surface area contributed by atoms with Gasteiger partial charge >= 0.3 is 0 Å². The van der Waals surface area contributed by atoms with Crippen LogP contribution in [0.5, 0.6) is 11.5 Å². The highest BCUT2D eigenvalue weighted by Crippen LogP contribution is 2.28. The smallest absolute Gasteiger partial charge is 0.206 e. The molecule has 1 rings (SSSR count). The Morgan fingerprint density at radius 3 is 2.06 bits per heavy atom. The van der Waals surface area contributed by atoms with Gasteiger partial charge in [-0.2, -0.15) is 4.39 Å². The molecule has 0 aliphatic carbocycles. The minimum atomic E-state index is -0.653. The molecule has 16 heavy (non-hydrogen) atoms. The Bertz CT molecular complexity index is 379. The summed E-state index contributed by atoms with van der Waals surface area (Å²) in [7, 11) is 2.63. The van der Waals surface area contributed by atoms with Crippen LogP contribution in [0.1, 0.15) is 17.3 Å². The second-order valence-electron chi connectivity index (χ2n) is 3.35. The lowest BCUT2D eigenvalue weighted by Crippen LogP contribution is -2.26. The third kappa shape index (κ3) is 2.30. The van der Waals surface area contributed by atoms with Crippen molar-refractivity contribution in [2.24, 2.45) is 5.73 Å². The van der Waals surface area contributed by atoms with E-state index in [1.807, 2.05) is 0 Å². The van der Waals surface area contributed by atoms with Crippen molar-refractivity contribution in [1.82, 2.24) is 0 Å². The van der Waals surface area contributed by atoms with Crippen LogP contribution >= 0.6 is 0 Å². The zero-order chi connectivity index (χ0) is 12.3. The topological polar surface area (TPSA) is 61.5 Å². The highest BCUT2D eigenvalue weighted by Gasteiger charge is 2.18. The van der Waals surface area contributed by atoms with Gasteiger partial charge in [-0.15, -0.1) is 0 Å². The van der Waals surface area contributed by atoms with E-state index in [2.05, 4.69) is 0 Å². The molecule has 0 fully saturated rings. The van der Waals surface area contributed by atoms with E-state index in [1.54, 1.807) is 6.92 Å². The average molecular weight is 227 g/mol. The number of Topliss-reactive ketones (excluding diaryl/α,β-unsaturated/α-hetero) is 1. The van der Waals surface area contributed by atoms with E-state index in [9.17, 15) is 9.18 Å². The predicted octanol–water partition coefficient (Wildman–Crippen LogP) is 1.37. The van der Waals surface area contributed by atoms with Crippen molar-refractivity contribution in [3.8, 4) is 11.5 Å². The standard InChI is InChI=1S/C11H14FNO3/c1-6(13)11(14)7-4-8(15-2)10(12)9(5-7)16-3/h4-6H,13H2,1-3H3. The summed E-state index contributed by atoms with van der Waals surface area (Å²) in [5.74, 6) is -1.01. The van der Waals surface area contributed by atoms with Crippen molar-refractivity contribution < 1.29 is 18.7 Å². The monoisotopic (exact) mass is 227 g/mol. The normalized spacial score (nSPS) is 12.1. The highest BCUT2D eigenvalue weighted by molar-refractivity contribution is 6.00. The van der Waals surface area contributed by atoms with Crippen molar-refractivity contribution in [2.45, 2.75) is 13.0 Å². The lowest BCUT2D eigenvalue weighted by atomic mass is 10.1. The van der Waals surface area contributed by atoms with Gasteiger partial charge in [0.15, 0.2) is 17.3 Å². The van der Waals surface area contributed by atoms with Gasteiger partial charge in [0.2, 0.25) is 5.82 Å². The Hall–Kier alpha value is -1.62. The lowest BCUT2D eigenvalue weighted by Gasteiger charge is -2.10. The number of hydrogen-bond donors (Lipinski definition) is 1. The van der Waals surface area contributed by atoms with Gasteiger partial charge in [0.25, 0.3) is 0 Å². The van der Waals surface area contributed by atoms with Crippen molar-refractivity contribution in [3.05, 3.63) is 23.5 Å². The summed E-state index contributed by atoms with van der Waals surface area (Å²) in [4.78, 5) is 11.6. The van der Waals surface area contributed by atoms with E-state index in [4.69, 9.17) is 15.2 Å². The van der Waals surface area contributed by atoms with Crippen LogP contribution in [0, 0.1) is 5.82 Å². The number of ether oxygens (including phenoxy) is 2. The number of carbonyl (C=O) groups is 1. The molecular weight excluding hydrogens is 213 g/mol. The number of rotatable bonds is 4. The van der Waals surface area contributed by atoms with E-state index in [0.29, 0.717) is 0 Å². The van der Waals surface area contributed by atoms with Crippen molar-refractivity contribution in [1.29, 1.82) is 0 Å². The predicted molar refractivity (Wildman–Crippen MR) is 57.5 cm³/mol. The van der Waals surface area contributed by atoms with Gasteiger partial charge in [-0.3, -0.25) is 4.79 Å². The number of methoxy groups -OCH3 is 2. The summed E-state index contributed by atoms with van der Waals surface area (Å²) in [6, 6.07) is 1.97. The number of carbonyl (C=O) groups excluding carboxylic acids is 1. The van der Waals surface area contributed by atoms with E-state index < -0.39 is 11.9 Å². The Morgan fingerprint density at radius 1 is 1.31 bits per heavy atom. The molecule has 88 valence electrons. The van der Waals surface area contributed by atoms with Crippen LogP contribution in [0.3, 0.4) is 0 Å². The molecule has 1 unspecified atom stereocenters. The summed E-state index contributed by atoms with van der Waals surface area (Å²) in [6.45, 7) is 1.56. The van der Waals surface area contributed by atoms with Gasteiger partial charge in [0, 0.05) is 5.56 Å². The van der Waals surface area contributed by atoms with Gasteiger partial charge in [-0.1, -0.05) is 0 Å². The Labute approximate surface area is 93.2 Å². The molecule has 0 aliphatic rings. The molecule has 0 amide bonds. The number of ketones is 1. The first kappa shape index (κ1) is 12.4. The lowest BCUT2D eigenvalue weighted by molar-refractivity contribution is 0.0967. The number of nitrogens with two attached hydrogens (primary N) is 1. The summed E-state index contributed by atoms with van der Waals surface area (Å²) >= 11 is 0. The minimum absolute atomic E-state index is 0.0386. The molecule has 1 aromatic carbocycles. The number of halogens is 1. The fourth-order valence-corrected chi connectivity index (χ4v) is 1.27. The molecule has 5 heteroatoms. The van der Waals surface area contributed by atoms with Crippen molar-refractivity contribution in [3.63, 3.8) is 0 Å². The molecule has 0 bridgehead atoms. The van der Waals surface area contributed by atoms with Gasteiger partial charge in [0.1, 0.15) is 0 Å². The van der Waals surface area contributed by atoms with Gasteiger partial charge in [-0.05, 0) is 19.1 Å². The molecule has 0 radical (unpaired) electrons. The van der Waals surface area contributed by atoms with Crippen LogP contribution in [-0.2, 0) is 0 Å². The molecule has 0 saturated carbocycles. The average Bonchev–Trinajstić information content (AvgIpc) is 2.28. The maximum atomic E-state index is 13.5. The molecule has 4 nitrogen and oxygen atoms in total. The molecule has 0 saturated heterocycles. The van der Waals surface area contributed by atoms with Gasteiger partial charge in [0.05, 0.1) is 20.3 Å². The van der Waals surface area contributed by atoms with Crippen molar-refractivity contribution in [2.75, 3.05) is 14.2 Å². The molecule has 2 N–H and O–H groups in total. The van der Waals surface area contributed by atoms with E-state index in [0.717, 1.165) is 0 Å². The van der Waals surface area contributed by atoms with Crippen molar-refractivity contribution >= 4 is 5.78 Å². The maximum absolute atomic E-state index is 13.5. The maximum Gasteiger partial charge on any atom is 0.206 e. The van der Waals surface area contributed by atoms with Crippen LogP contribution in [0.4, 0.5) is 4.39 Å². The van der Waals surface area contributed by atoms with Crippen LogP contribution in [-0.4, -0.2) is 26.0 Å². The molecule has 0 aromatic heterocycles. The van der Waals surface area contributed by atoms with E-state index in [-0.39, 0.29) is 22.8 Å². The van der Waals surface area contributed by atoms with Crippen LogP contribution in [0.25, 0.3) is 0 Å². The largest absolute Gasteiger partial charge is 0.494 e.